The van der Waals surface area contributed by atoms with Gasteiger partial charge in [-0.3, -0.25) is 0 Å². The second-order valence-electron chi connectivity index (χ2n) is 1.98. The highest BCUT2D eigenvalue weighted by Gasteiger charge is 2.00. The molecular weight excluding hydrogens is 119 g/mol. The Morgan fingerprint density at radius 3 is 2.50 bits per heavy atom. The molecule has 0 aliphatic carbocycles. The standard InChI is InChI=1S/C5H13BOS/c1-2-3-4-5-6(7)8/h7-8H,2-5H2,1H3. The maximum Gasteiger partial charge on any atom is 0.355 e. The van der Waals surface area contributed by atoms with E-state index in [2.05, 4.69) is 19.4 Å². The van der Waals surface area contributed by atoms with Gasteiger partial charge in [-0.15, -0.1) is 0 Å². The van der Waals surface area contributed by atoms with Crippen molar-refractivity contribution in [2.24, 2.45) is 0 Å². The molecule has 0 saturated carbocycles. The zero-order chi connectivity index (χ0) is 6.41. The molecule has 48 valence electrons. The minimum atomic E-state index is -0.401. The van der Waals surface area contributed by atoms with Crippen molar-refractivity contribution in [3.8, 4) is 0 Å². The van der Waals surface area contributed by atoms with Crippen LogP contribution < -0.4 is 0 Å². The van der Waals surface area contributed by atoms with Crippen LogP contribution in [0.1, 0.15) is 26.2 Å². The zero-order valence-electron chi connectivity index (χ0n) is 5.30. The van der Waals surface area contributed by atoms with Crippen LogP contribution in [0.5, 0.6) is 0 Å². The monoisotopic (exact) mass is 132 g/mol. The smallest absolute Gasteiger partial charge is 0.355 e. The van der Waals surface area contributed by atoms with Crippen LogP contribution in [-0.2, 0) is 0 Å². The molecule has 0 aliphatic rings. The van der Waals surface area contributed by atoms with E-state index in [-0.39, 0.29) is 0 Å². The van der Waals surface area contributed by atoms with Gasteiger partial charge in [-0.1, -0.05) is 26.2 Å². The van der Waals surface area contributed by atoms with E-state index in [1.807, 2.05) is 0 Å². The highest BCUT2D eigenvalue weighted by atomic mass is 32.1. The van der Waals surface area contributed by atoms with E-state index >= 15 is 0 Å². The molecule has 3 heteroatoms. The van der Waals surface area contributed by atoms with E-state index in [1.165, 1.54) is 12.8 Å². The molecule has 0 aromatic carbocycles. The third kappa shape index (κ3) is 6.37. The Morgan fingerprint density at radius 1 is 1.50 bits per heavy atom. The molecule has 0 aromatic rings. The van der Waals surface area contributed by atoms with E-state index in [9.17, 15) is 0 Å². The summed E-state index contributed by atoms with van der Waals surface area (Å²) in [7, 11) is 0. The fraction of sp³-hybridized carbons (Fsp3) is 1.00. The summed E-state index contributed by atoms with van der Waals surface area (Å²) in [5.41, 5.74) is 0. The minimum Gasteiger partial charge on any atom is -0.442 e. The molecule has 0 amide bonds. The first-order chi connectivity index (χ1) is 3.77. The molecule has 0 saturated heterocycles. The molecule has 8 heavy (non-hydrogen) atoms. The Hall–Kier alpha value is 0.375. The summed E-state index contributed by atoms with van der Waals surface area (Å²) >= 11 is 3.83. The van der Waals surface area contributed by atoms with E-state index in [1.54, 1.807) is 0 Å². The number of thiol groups is 1. The summed E-state index contributed by atoms with van der Waals surface area (Å²) in [6, 6.07) is 0. The summed E-state index contributed by atoms with van der Waals surface area (Å²) in [6.07, 6.45) is 3.94. The molecule has 0 unspecified atom stereocenters. The maximum atomic E-state index is 8.64. The minimum absolute atomic E-state index is 0.401. The Labute approximate surface area is 56.9 Å². The van der Waals surface area contributed by atoms with Crippen LogP contribution in [0.4, 0.5) is 0 Å². The Bertz CT molecular complexity index is 49.7. The number of rotatable bonds is 4. The summed E-state index contributed by atoms with van der Waals surface area (Å²) in [5, 5.41) is 8.64. The van der Waals surface area contributed by atoms with Crippen molar-refractivity contribution in [3.63, 3.8) is 0 Å². The van der Waals surface area contributed by atoms with Gasteiger partial charge in [0.15, 0.2) is 0 Å². The molecule has 0 aliphatic heterocycles. The highest BCUT2D eigenvalue weighted by Crippen LogP contribution is 2.03. The van der Waals surface area contributed by atoms with Gasteiger partial charge >= 0.3 is 6.19 Å². The van der Waals surface area contributed by atoms with Gasteiger partial charge in [-0.05, 0) is 6.32 Å². The van der Waals surface area contributed by atoms with E-state index < -0.39 is 6.19 Å². The quantitative estimate of drug-likeness (QED) is 0.338. The van der Waals surface area contributed by atoms with Gasteiger partial charge in [0.05, 0.1) is 0 Å². The van der Waals surface area contributed by atoms with Crippen LogP contribution in [0.2, 0.25) is 6.32 Å². The van der Waals surface area contributed by atoms with Gasteiger partial charge in [-0.25, -0.2) is 0 Å². The number of hydrogen-bond donors (Lipinski definition) is 2. The molecule has 0 rings (SSSR count). The molecule has 1 N–H and O–H groups in total. The van der Waals surface area contributed by atoms with Crippen LogP contribution >= 0.6 is 12.5 Å². The van der Waals surface area contributed by atoms with Crippen molar-refractivity contribution >= 4 is 18.7 Å². The van der Waals surface area contributed by atoms with Gasteiger partial charge in [0.25, 0.3) is 0 Å². The van der Waals surface area contributed by atoms with E-state index in [0.717, 1.165) is 12.7 Å². The molecular formula is C5H13BOS. The average molecular weight is 132 g/mol. The van der Waals surface area contributed by atoms with Crippen molar-refractivity contribution < 1.29 is 5.02 Å². The fourth-order valence-electron chi connectivity index (χ4n) is 0.577. The summed E-state index contributed by atoms with van der Waals surface area (Å²) in [5.74, 6) is 0. The van der Waals surface area contributed by atoms with Crippen molar-refractivity contribution in [3.05, 3.63) is 0 Å². The molecule has 0 aromatic heterocycles. The Balaban J connectivity index is 2.72. The van der Waals surface area contributed by atoms with Crippen molar-refractivity contribution in [2.45, 2.75) is 32.5 Å². The number of hydrogen-bond acceptors (Lipinski definition) is 2. The SMILES string of the molecule is CCCCCB(O)S. The molecule has 0 atom stereocenters. The Morgan fingerprint density at radius 2 is 2.12 bits per heavy atom. The summed E-state index contributed by atoms with van der Waals surface area (Å²) in [6.45, 7) is 2.14. The number of unbranched alkanes of at least 4 members (excludes halogenated alkanes) is 2. The van der Waals surface area contributed by atoms with Gasteiger partial charge in [-0.2, -0.15) is 12.5 Å². The normalized spacial score (nSPS) is 9.38. The van der Waals surface area contributed by atoms with Gasteiger partial charge < -0.3 is 5.02 Å². The lowest BCUT2D eigenvalue weighted by Gasteiger charge is -1.95. The molecule has 0 heterocycles. The second-order valence-corrected chi connectivity index (χ2v) is 2.57. The molecule has 0 radical (unpaired) electrons. The largest absolute Gasteiger partial charge is 0.442 e. The predicted octanol–water partition coefficient (Wildman–Crippen LogP) is 1.59. The van der Waals surface area contributed by atoms with Gasteiger partial charge in [0, 0.05) is 0 Å². The van der Waals surface area contributed by atoms with Crippen LogP contribution in [0.15, 0.2) is 0 Å². The van der Waals surface area contributed by atoms with E-state index in [0.29, 0.717) is 0 Å². The molecule has 0 fully saturated rings. The second kappa shape index (κ2) is 5.51. The molecule has 0 spiro atoms. The summed E-state index contributed by atoms with van der Waals surface area (Å²) in [4.78, 5) is 0. The van der Waals surface area contributed by atoms with E-state index in [4.69, 9.17) is 5.02 Å². The first kappa shape index (κ1) is 8.37. The van der Waals surface area contributed by atoms with Crippen LogP contribution in [0, 0.1) is 0 Å². The lowest BCUT2D eigenvalue weighted by atomic mass is 9.90. The van der Waals surface area contributed by atoms with Gasteiger partial charge in [0.1, 0.15) is 0 Å². The van der Waals surface area contributed by atoms with Crippen LogP contribution in [0.25, 0.3) is 0 Å². The lowest BCUT2D eigenvalue weighted by Crippen LogP contribution is -1.99. The predicted molar refractivity (Wildman–Crippen MR) is 41.3 cm³/mol. The summed E-state index contributed by atoms with van der Waals surface area (Å²) < 4.78 is 0. The average Bonchev–Trinajstić information content (AvgIpc) is 1.66. The van der Waals surface area contributed by atoms with Gasteiger partial charge in [0.2, 0.25) is 0 Å². The first-order valence-corrected chi connectivity index (χ1v) is 3.65. The fourth-order valence-corrected chi connectivity index (χ4v) is 0.759. The first-order valence-electron chi connectivity index (χ1n) is 3.13. The van der Waals surface area contributed by atoms with Crippen LogP contribution in [0.3, 0.4) is 0 Å². The maximum absolute atomic E-state index is 8.64. The van der Waals surface area contributed by atoms with Crippen molar-refractivity contribution in [1.29, 1.82) is 0 Å². The third-order valence-electron chi connectivity index (χ3n) is 1.07. The molecule has 1 nitrogen and oxygen atoms in total. The Kier molecular flexibility index (Phi) is 5.77. The third-order valence-corrected chi connectivity index (χ3v) is 1.32. The van der Waals surface area contributed by atoms with Crippen molar-refractivity contribution in [1.82, 2.24) is 0 Å². The zero-order valence-corrected chi connectivity index (χ0v) is 6.19. The topological polar surface area (TPSA) is 20.2 Å². The lowest BCUT2D eigenvalue weighted by molar-refractivity contribution is 0.585. The highest BCUT2D eigenvalue weighted by molar-refractivity contribution is 8.09. The van der Waals surface area contributed by atoms with Crippen molar-refractivity contribution in [2.75, 3.05) is 0 Å². The van der Waals surface area contributed by atoms with Crippen LogP contribution in [-0.4, -0.2) is 11.2 Å². The molecule has 0 bridgehead atoms.